The van der Waals surface area contributed by atoms with Crippen molar-refractivity contribution in [1.82, 2.24) is 5.43 Å². The van der Waals surface area contributed by atoms with Gasteiger partial charge in [-0.3, -0.25) is 39.6 Å². The Morgan fingerprint density at radius 3 is 1.80 bits per heavy atom. The molecule has 0 fully saturated rings. The first-order valence-electron chi connectivity index (χ1n) is 11.6. The van der Waals surface area contributed by atoms with Gasteiger partial charge in [-0.05, 0) is 24.3 Å². The number of anilines is 3. The van der Waals surface area contributed by atoms with Gasteiger partial charge in [0.2, 0.25) is 5.84 Å². The summed E-state index contributed by atoms with van der Waals surface area (Å²) in [6, 6.07) is 10.4. The molecule has 4 rings (SSSR count). The molecule has 1 aliphatic rings. The number of amides is 1. The van der Waals surface area contributed by atoms with Crippen molar-refractivity contribution in [3.8, 4) is 11.5 Å². The van der Waals surface area contributed by atoms with Crippen molar-refractivity contribution in [2.45, 2.75) is 9.79 Å². The first-order chi connectivity index (χ1) is 20.6. The highest BCUT2D eigenvalue weighted by Gasteiger charge is 2.38. The number of carbonyl (C=O) groups is 1. The third-order valence-electron chi connectivity index (χ3n) is 5.76. The molecule has 232 valence electrons. The zero-order valence-corrected chi connectivity index (χ0v) is 23.8. The van der Waals surface area contributed by atoms with Crippen LogP contribution >= 0.6 is 0 Å². The van der Waals surface area contributed by atoms with Crippen LogP contribution in [0.3, 0.4) is 0 Å². The van der Waals surface area contributed by atoms with E-state index in [2.05, 4.69) is 15.8 Å². The summed E-state index contributed by atoms with van der Waals surface area (Å²) >= 11 is 0. The molecule has 22 heteroatoms. The van der Waals surface area contributed by atoms with Gasteiger partial charge in [-0.1, -0.05) is 18.2 Å². The van der Waals surface area contributed by atoms with E-state index in [0.29, 0.717) is 35.1 Å². The number of nitro benzene ring substituents is 2. The number of hydrazine groups is 2. The molecule has 0 aliphatic carbocycles. The molecule has 0 atom stereocenters. The van der Waals surface area contributed by atoms with Crippen LogP contribution in [0.4, 0.5) is 28.4 Å². The number of nitro groups is 2. The van der Waals surface area contributed by atoms with E-state index in [9.17, 15) is 51.0 Å². The Morgan fingerprint density at radius 1 is 0.864 bits per heavy atom. The molecule has 0 saturated carbocycles. The average Bonchev–Trinajstić information content (AvgIpc) is 3.40. The average molecular weight is 654 g/mol. The predicted octanol–water partition coefficient (Wildman–Crippen LogP) is 1.71. The van der Waals surface area contributed by atoms with Gasteiger partial charge in [0, 0.05) is 5.69 Å². The molecule has 0 saturated heterocycles. The quantitative estimate of drug-likeness (QED) is 0.138. The highest BCUT2D eigenvalue weighted by molar-refractivity contribution is 7.86. The van der Waals surface area contributed by atoms with Crippen molar-refractivity contribution < 1.29 is 50.1 Å². The number of nitrogens with zero attached hydrogens (tertiary/aromatic N) is 5. The summed E-state index contributed by atoms with van der Waals surface area (Å²) in [6.45, 7) is 0. The van der Waals surface area contributed by atoms with Crippen molar-refractivity contribution in [1.29, 1.82) is 0 Å². The van der Waals surface area contributed by atoms with E-state index >= 15 is 0 Å². The lowest BCUT2D eigenvalue weighted by atomic mass is 10.2. The zero-order chi connectivity index (χ0) is 32.6. The Kier molecular flexibility index (Phi) is 8.27. The van der Waals surface area contributed by atoms with Crippen LogP contribution in [0.2, 0.25) is 0 Å². The fraction of sp³-hybridized carbons (Fsp3) is 0.0909. The Balaban J connectivity index is 2.00. The minimum atomic E-state index is -5.26. The molecule has 3 aromatic rings. The summed E-state index contributed by atoms with van der Waals surface area (Å²) in [5, 5.41) is 31.1. The van der Waals surface area contributed by atoms with E-state index in [1.54, 1.807) is 18.2 Å². The Bertz CT molecular complexity index is 1930. The van der Waals surface area contributed by atoms with Gasteiger partial charge in [-0.15, -0.1) is 10.2 Å². The van der Waals surface area contributed by atoms with Gasteiger partial charge in [0.15, 0.2) is 21.3 Å². The zero-order valence-electron chi connectivity index (χ0n) is 22.1. The van der Waals surface area contributed by atoms with Gasteiger partial charge < -0.3 is 14.8 Å². The first kappa shape index (κ1) is 31.4. The van der Waals surface area contributed by atoms with Crippen LogP contribution in [0.25, 0.3) is 0 Å². The standard InChI is InChI=1S/C22H19N7O13S2/c1-41-17-8-15(28(31)32)19(43(35,36)37)10-13(17)26-24-21(22(30)23-12-6-4-3-5-7-12)25-27(26)14-11-20(44(38,39)40)16(29(33)34)9-18(14)42-2/h3-11H,1-2H3,(H,23,30)(H,24,25)(H,35,36,37)(H,38,39,40). The highest BCUT2D eigenvalue weighted by atomic mass is 32.2. The van der Waals surface area contributed by atoms with Gasteiger partial charge in [-0.2, -0.15) is 22.0 Å². The topological polar surface area (TPSA) is 273 Å². The highest BCUT2D eigenvalue weighted by Crippen LogP contribution is 2.43. The van der Waals surface area contributed by atoms with Crippen LogP contribution in [0, 0.1) is 20.2 Å². The van der Waals surface area contributed by atoms with Gasteiger partial charge in [0.05, 0.1) is 36.2 Å². The number of amidine groups is 1. The molecule has 0 radical (unpaired) electrons. The van der Waals surface area contributed by atoms with Crippen LogP contribution in [-0.4, -0.2) is 61.8 Å². The first-order valence-corrected chi connectivity index (χ1v) is 14.4. The molecule has 44 heavy (non-hydrogen) atoms. The lowest BCUT2D eigenvalue weighted by Gasteiger charge is -2.30. The van der Waals surface area contributed by atoms with Crippen LogP contribution < -0.4 is 30.5 Å². The molecular formula is C22H19N7O13S2. The van der Waals surface area contributed by atoms with Crippen LogP contribution in [0.5, 0.6) is 11.5 Å². The second-order valence-corrected chi connectivity index (χ2v) is 11.2. The summed E-state index contributed by atoms with van der Waals surface area (Å²) in [5.74, 6) is -2.36. The molecule has 3 aromatic carbocycles. The van der Waals surface area contributed by atoms with E-state index in [4.69, 9.17) is 9.47 Å². The predicted molar refractivity (Wildman–Crippen MR) is 150 cm³/mol. The molecule has 1 heterocycles. The Labute approximate surface area is 246 Å². The molecular weight excluding hydrogens is 634 g/mol. The number of para-hydroxylation sites is 1. The maximum atomic E-state index is 13.1. The molecule has 0 spiro atoms. The number of ether oxygens (including phenoxy) is 2. The monoisotopic (exact) mass is 653 g/mol. The number of hydrogen-bond donors (Lipinski definition) is 4. The number of hydrazone groups is 1. The number of carbonyl (C=O) groups excluding carboxylic acids is 1. The molecule has 0 bridgehead atoms. The van der Waals surface area contributed by atoms with E-state index in [1.807, 2.05) is 0 Å². The minimum Gasteiger partial charge on any atom is -0.494 e. The normalized spacial score (nSPS) is 13.1. The Morgan fingerprint density at radius 2 is 1.34 bits per heavy atom. The smallest absolute Gasteiger partial charge is 0.301 e. The van der Waals surface area contributed by atoms with Gasteiger partial charge in [0.25, 0.3) is 17.3 Å². The van der Waals surface area contributed by atoms with E-state index in [0.717, 1.165) is 19.3 Å². The largest absolute Gasteiger partial charge is 0.494 e. The maximum absolute atomic E-state index is 13.1. The molecule has 4 N–H and O–H groups in total. The van der Waals surface area contributed by atoms with Crippen molar-refractivity contribution in [3.63, 3.8) is 0 Å². The van der Waals surface area contributed by atoms with Crippen LogP contribution in [0.1, 0.15) is 0 Å². The van der Waals surface area contributed by atoms with E-state index in [-0.39, 0.29) is 0 Å². The van der Waals surface area contributed by atoms with Gasteiger partial charge in [0.1, 0.15) is 11.4 Å². The third kappa shape index (κ3) is 6.12. The van der Waals surface area contributed by atoms with Crippen molar-refractivity contribution in [2.24, 2.45) is 5.10 Å². The minimum absolute atomic E-state index is 0.301. The number of hydrogen-bond acceptors (Lipinski definition) is 15. The van der Waals surface area contributed by atoms with Crippen LogP contribution in [0.15, 0.2) is 69.5 Å². The molecule has 0 aromatic heterocycles. The SMILES string of the molecule is COc1cc([N+](=O)[O-])c(S(=O)(=O)O)cc1N1N=C(C(=O)Nc2ccccc2)NN1c1cc(S(=O)(=O)O)c([N+](=O)[O-])cc1OC. The second kappa shape index (κ2) is 11.6. The lowest BCUT2D eigenvalue weighted by Crippen LogP contribution is -2.47. The van der Waals surface area contributed by atoms with Crippen molar-refractivity contribution in [3.05, 3.63) is 74.8 Å². The summed E-state index contributed by atoms with van der Waals surface area (Å²) in [7, 11) is -8.44. The van der Waals surface area contributed by atoms with Crippen molar-refractivity contribution >= 4 is 60.4 Å². The summed E-state index contributed by atoms with van der Waals surface area (Å²) < 4.78 is 78.2. The number of benzene rings is 3. The second-order valence-electron chi connectivity index (χ2n) is 8.43. The summed E-state index contributed by atoms with van der Waals surface area (Å²) in [5.41, 5.74) is -0.354. The lowest BCUT2D eigenvalue weighted by molar-refractivity contribution is -0.388. The maximum Gasteiger partial charge on any atom is 0.301 e. The van der Waals surface area contributed by atoms with Gasteiger partial charge in [-0.25, -0.2) is 0 Å². The summed E-state index contributed by atoms with van der Waals surface area (Å²) in [6.07, 6.45) is 0. The molecule has 20 nitrogen and oxygen atoms in total. The number of nitrogens with one attached hydrogen (secondary N) is 2. The van der Waals surface area contributed by atoms with Gasteiger partial charge >= 0.3 is 20.2 Å². The van der Waals surface area contributed by atoms with Crippen molar-refractivity contribution in [2.75, 3.05) is 29.8 Å². The van der Waals surface area contributed by atoms with E-state index in [1.165, 1.54) is 12.1 Å². The molecule has 0 unspecified atom stereocenters. The third-order valence-corrected chi connectivity index (χ3v) is 7.52. The number of rotatable bonds is 10. The van der Waals surface area contributed by atoms with Crippen LogP contribution in [-0.2, 0) is 25.0 Å². The fourth-order valence-electron chi connectivity index (χ4n) is 3.87. The van der Waals surface area contributed by atoms with E-state index < -0.39 is 85.9 Å². The molecule has 1 aliphatic heterocycles. The number of methoxy groups -OCH3 is 2. The molecule has 1 amide bonds. The summed E-state index contributed by atoms with van der Waals surface area (Å²) in [4.78, 5) is 31.6. The fourth-order valence-corrected chi connectivity index (χ4v) is 5.18. The Hall–Kier alpha value is -5.58.